The van der Waals surface area contributed by atoms with Crippen LogP contribution in [0.2, 0.25) is 39.3 Å². The summed E-state index contributed by atoms with van der Waals surface area (Å²) < 4.78 is 11.9. The van der Waals surface area contributed by atoms with Crippen LogP contribution in [0.3, 0.4) is 0 Å². The van der Waals surface area contributed by atoms with Crippen LogP contribution in [-0.2, 0) is 0 Å². The van der Waals surface area contributed by atoms with Gasteiger partial charge in [0, 0.05) is 10.8 Å². The highest BCUT2D eigenvalue weighted by atomic mass is 32.1. The average molecular weight is 261 g/mol. The Labute approximate surface area is 98.5 Å². The third-order valence-corrected chi connectivity index (χ3v) is 3.79. The first-order valence-corrected chi connectivity index (χ1v) is 12.9. The summed E-state index contributed by atoms with van der Waals surface area (Å²) in [4.78, 5) is 0. The van der Waals surface area contributed by atoms with Crippen molar-refractivity contribution in [2.75, 3.05) is 0 Å². The highest BCUT2D eigenvalue weighted by Crippen LogP contribution is 2.35. The van der Waals surface area contributed by atoms with E-state index in [4.69, 9.17) is 8.85 Å². The van der Waals surface area contributed by atoms with Crippen LogP contribution >= 0.6 is 11.3 Å². The molecule has 0 radical (unpaired) electrons. The van der Waals surface area contributed by atoms with Gasteiger partial charge in [-0.15, -0.1) is 11.3 Å². The topological polar surface area (TPSA) is 18.5 Å². The third kappa shape index (κ3) is 4.86. The second-order valence-corrected chi connectivity index (χ2v) is 15.1. The summed E-state index contributed by atoms with van der Waals surface area (Å²) in [6.45, 7) is 13.1. The van der Waals surface area contributed by atoms with E-state index in [0.29, 0.717) is 0 Å². The van der Waals surface area contributed by atoms with Gasteiger partial charge in [-0.3, -0.25) is 0 Å². The van der Waals surface area contributed by atoms with Gasteiger partial charge in [0.1, 0.15) is 0 Å². The first kappa shape index (κ1) is 12.8. The van der Waals surface area contributed by atoms with Gasteiger partial charge < -0.3 is 8.85 Å². The second kappa shape index (κ2) is 4.31. The molecule has 0 aromatic carbocycles. The molecule has 0 N–H and O–H groups in total. The summed E-state index contributed by atoms with van der Waals surface area (Å²) in [5.74, 6) is 1.86. The van der Waals surface area contributed by atoms with Crippen LogP contribution in [0.25, 0.3) is 0 Å². The van der Waals surface area contributed by atoms with E-state index in [1.807, 2.05) is 10.8 Å². The van der Waals surface area contributed by atoms with E-state index >= 15 is 0 Å². The summed E-state index contributed by atoms with van der Waals surface area (Å²) in [5.41, 5.74) is 0. The monoisotopic (exact) mass is 260 g/mol. The van der Waals surface area contributed by atoms with Crippen LogP contribution in [0.15, 0.2) is 10.8 Å². The molecule has 0 spiro atoms. The Hall–Kier alpha value is -0.266. The van der Waals surface area contributed by atoms with Crippen molar-refractivity contribution in [2.45, 2.75) is 39.3 Å². The maximum Gasteiger partial charge on any atom is 0.242 e. The standard InChI is InChI=1S/C10H20O2SSi2/c1-14(2,3)11-9-7-13-8-10(9)12-15(4,5)6/h7-8H,1-6H3. The molecule has 0 aliphatic heterocycles. The predicted molar refractivity (Wildman–Crippen MR) is 72.3 cm³/mol. The normalized spacial score (nSPS) is 12.7. The lowest BCUT2D eigenvalue weighted by Gasteiger charge is -2.23. The quantitative estimate of drug-likeness (QED) is 0.756. The largest absolute Gasteiger partial charge is 0.541 e. The van der Waals surface area contributed by atoms with Crippen molar-refractivity contribution in [3.05, 3.63) is 10.8 Å². The van der Waals surface area contributed by atoms with Crippen molar-refractivity contribution >= 4 is 28.0 Å². The van der Waals surface area contributed by atoms with Crippen LogP contribution in [0, 0.1) is 0 Å². The SMILES string of the molecule is C[Si](C)(C)Oc1cscc1O[Si](C)(C)C. The van der Waals surface area contributed by atoms with Gasteiger partial charge in [-0.1, -0.05) is 0 Å². The molecule has 0 aliphatic rings. The first-order chi connectivity index (χ1) is 6.67. The van der Waals surface area contributed by atoms with E-state index in [1.165, 1.54) is 0 Å². The molecule has 0 saturated carbocycles. The third-order valence-electron chi connectivity index (χ3n) is 1.43. The van der Waals surface area contributed by atoms with Crippen molar-refractivity contribution in [2.24, 2.45) is 0 Å². The zero-order valence-electron chi connectivity index (χ0n) is 10.4. The molecule has 86 valence electrons. The van der Waals surface area contributed by atoms with Crippen molar-refractivity contribution in [1.29, 1.82) is 0 Å². The molecule has 1 aromatic heterocycles. The van der Waals surface area contributed by atoms with Gasteiger partial charge >= 0.3 is 0 Å². The Bertz CT molecular complexity index is 292. The maximum atomic E-state index is 5.97. The minimum absolute atomic E-state index is 0.932. The van der Waals surface area contributed by atoms with E-state index in [0.717, 1.165) is 11.5 Å². The summed E-state index contributed by atoms with van der Waals surface area (Å²) >= 11 is 1.64. The van der Waals surface area contributed by atoms with Crippen LogP contribution < -0.4 is 8.85 Å². The lowest BCUT2D eigenvalue weighted by molar-refractivity contribution is 0.493. The van der Waals surface area contributed by atoms with E-state index in [-0.39, 0.29) is 0 Å². The van der Waals surface area contributed by atoms with Crippen molar-refractivity contribution in [3.8, 4) is 11.5 Å². The zero-order chi connectivity index (χ0) is 11.7. The highest BCUT2D eigenvalue weighted by Gasteiger charge is 2.23. The summed E-state index contributed by atoms with van der Waals surface area (Å²) in [7, 11) is -3.05. The summed E-state index contributed by atoms with van der Waals surface area (Å²) in [6, 6.07) is 0. The van der Waals surface area contributed by atoms with Gasteiger partial charge in [0.25, 0.3) is 0 Å². The Kier molecular flexibility index (Phi) is 3.68. The molecule has 0 unspecified atom stereocenters. The molecule has 0 bridgehead atoms. The second-order valence-electron chi connectivity index (χ2n) is 5.53. The average Bonchev–Trinajstić information content (AvgIpc) is 2.29. The first-order valence-electron chi connectivity index (χ1n) is 5.12. The maximum absolute atomic E-state index is 5.97. The molecule has 0 atom stereocenters. The number of hydrogen-bond acceptors (Lipinski definition) is 3. The van der Waals surface area contributed by atoms with Gasteiger partial charge in [0.2, 0.25) is 16.6 Å². The van der Waals surface area contributed by atoms with Crippen LogP contribution in [0.1, 0.15) is 0 Å². The Morgan fingerprint density at radius 1 is 0.800 bits per heavy atom. The van der Waals surface area contributed by atoms with E-state index < -0.39 is 16.6 Å². The van der Waals surface area contributed by atoms with Gasteiger partial charge in [0.15, 0.2) is 11.5 Å². The van der Waals surface area contributed by atoms with Crippen LogP contribution in [0.5, 0.6) is 11.5 Å². The fourth-order valence-corrected chi connectivity index (χ4v) is 3.54. The lowest BCUT2D eigenvalue weighted by Crippen LogP contribution is -2.32. The van der Waals surface area contributed by atoms with Gasteiger partial charge in [0.05, 0.1) is 0 Å². The van der Waals surface area contributed by atoms with Gasteiger partial charge in [-0.25, -0.2) is 0 Å². The minimum Gasteiger partial charge on any atom is -0.541 e. The van der Waals surface area contributed by atoms with Gasteiger partial charge in [-0.05, 0) is 39.3 Å². The number of rotatable bonds is 4. The smallest absolute Gasteiger partial charge is 0.242 e. The molecular formula is C10H20O2SSi2. The molecule has 0 amide bonds. The van der Waals surface area contributed by atoms with Crippen molar-refractivity contribution in [1.82, 2.24) is 0 Å². The fourth-order valence-electron chi connectivity index (χ4n) is 1.08. The van der Waals surface area contributed by atoms with Crippen LogP contribution in [0.4, 0.5) is 0 Å². The minimum atomic E-state index is -1.53. The fraction of sp³-hybridized carbons (Fsp3) is 0.600. The predicted octanol–water partition coefficient (Wildman–Crippen LogP) is 4.18. The molecule has 0 aliphatic carbocycles. The summed E-state index contributed by atoms with van der Waals surface area (Å²) in [6.07, 6.45) is 0. The molecule has 0 fully saturated rings. The Morgan fingerprint density at radius 2 is 1.13 bits per heavy atom. The van der Waals surface area contributed by atoms with Crippen molar-refractivity contribution < 1.29 is 8.85 Å². The van der Waals surface area contributed by atoms with Gasteiger partial charge in [-0.2, -0.15) is 0 Å². The number of hydrogen-bond donors (Lipinski definition) is 0. The molecular weight excluding hydrogens is 240 g/mol. The molecule has 0 saturated heterocycles. The molecule has 1 rings (SSSR count). The molecule has 2 nitrogen and oxygen atoms in total. The highest BCUT2D eigenvalue weighted by molar-refractivity contribution is 7.08. The molecule has 1 aromatic rings. The van der Waals surface area contributed by atoms with E-state index in [1.54, 1.807) is 11.3 Å². The number of thiophene rings is 1. The lowest BCUT2D eigenvalue weighted by atomic mass is 10.6. The summed E-state index contributed by atoms with van der Waals surface area (Å²) in [5, 5.41) is 4.07. The van der Waals surface area contributed by atoms with Crippen LogP contribution in [-0.4, -0.2) is 16.6 Å². The van der Waals surface area contributed by atoms with Crippen molar-refractivity contribution in [3.63, 3.8) is 0 Å². The Morgan fingerprint density at radius 3 is 1.40 bits per heavy atom. The zero-order valence-corrected chi connectivity index (χ0v) is 13.2. The molecule has 15 heavy (non-hydrogen) atoms. The molecule has 5 heteroatoms. The molecule has 1 heterocycles. The Balaban J connectivity index is 2.79. The van der Waals surface area contributed by atoms with E-state index in [9.17, 15) is 0 Å². The van der Waals surface area contributed by atoms with E-state index in [2.05, 4.69) is 39.3 Å².